The first-order valence-electron chi connectivity index (χ1n) is 16.0. The van der Waals surface area contributed by atoms with Gasteiger partial charge in [-0.2, -0.15) is 13.2 Å². The van der Waals surface area contributed by atoms with E-state index < -0.39 is 32.4 Å². The van der Waals surface area contributed by atoms with Crippen LogP contribution < -0.4 is 14.9 Å². The Morgan fingerprint density at radius 3 is 2.53 bits per heavy atom. The van der Waals surface area contributed by atoms with E-state index in [4.69, 9.17) is 9.51 Å². The smallest absolute Gasteiger partial charge is 0.360 e. The monoisotopic (exact) mass is 685 g/mol. The number of piperidine rings is 1. The average molecular weight is 686 g/mol. The number of aromatic nitrogens is 2. The number of carbonyl (C=O) groups is 1. The standard InChI is InChI=1S/C33H34F3N5O4S2/c1-17-11-19(30(42)40-47(43,44)32(2)9-10-32)12-26-27(17)38-31(46-26)41-21-13-20(14-22(41)15-21)37-16-24-28(39-45-29(24)18-7-8-18)23-5-3-4-6-25(23)33(34,35)36/h3-6,11-12,18,20-22,37H,7-10,13-16H2,1-2H3,(H,40,42). The van der Waals surface area contributed by atoms with E-state index in [1.807, 2.05) is 6.92 Å². The molecule has 2 atom stereocenters. The van der Waals surface area contributed by atoms with Gasteiger partial charge in [0.15, 0.2) is 5.13 Å². The topological polar surface area (TPSA) is 117 Å². The van der Waals surface area contributed by atoms with Gasteiger partial charge in [-0.25, -0.2) is 18.1 Å². The fraction of sp³-hybridized carbons (Fsp3) is 0.485. The van der Waals surface area contributed by atoms with Crippen LogP contribution in [-0.4, -0.2) is 47.3 Å². The molecular weight excluding hydrogens is 652 g/mol. The third-order valence-electron chi connectivity index (χ3n) is 10.3. The van der Waals surface area contributed by atoms with Crippen molar-refractivity contribution in [3.8, 4) is 11.3 Å². The molecule has 47 heavy (non-hydrogen) atoms. The molecule has 0 radical (unpaired) electrons. The number of rotatable bonds is 9. The second-order valence-electron chi connectivity index (χ2n) is 13.7. The number of halogens is 3. The number of hydrogen-bond acceptors (Lipinski definition) is 9. The summed E-state index contributed by atoms with van der Waals surface area (Å²) < 4.78 is 74.7. The van der Waals surface area contributed by atoms with Crippen molar-refractivity contribution in [1.82, 2.24) is 20.2 Å². The number of thiazole rings is 1. The summed E-state index contributed by atoms with van der Waals surface area (Å²) in [5.74, 6) is 0.251. The van der Waals surface area contributed by atoms with Gasteiger partial charge in [-0.05, 0) is 82.6 Å². The molecule has 3 saturated carbocycles. The van der Waals surface area contributed by atoms with Crippen LogP contribution in [0.4, 0.5) is 18.3 Å². The Hall–Kier alpha value is -3.49. The van der Waals surface area contributed by atoms with Crippen molar-refractivity contribution in [3.63, 3.8) is 0 Å². The highest BCUT2D eigenvalue weighted by molar-refractivity contribution is 7.91. The zero-order valence-electron chi connectivity index (χ0n) is 25.9. The molecule has 2 aromatic heterocycles. The molecule has 5 aliphatic rings. The fourth-order valence-corrected chi connectivity index (χ4v) is 9.56. The van der Waals surface area contributed by atoms with Gasteiger partial charge in [0, 0.05) is 47.3 Å². The van der Waals surface area contributed by atoms with Gasteiger partial charge in [0.05, 0.1) is 20.5 Å². The normalized spacial score (nSPS) is 23.5. The Bertz CT molecular complexity index is 2000. The number of fused-ring (bicyclic) bond motifs is 3. The minimum absolute atomic E-state index is 0.0377. The lowest BCUT2D eigenvalue weighted by molar-refractivity contribution is -0.137. The summed E-state index contributed by atoms with van der Waals surface area (Å²) in [6.45, 7) is 3.89. The summed E-state index contributed by atoms with van der Waals surface area (Å²) in [6, 6.07) is 9.61. The molecule has 2 unspecified atom stereocenters. The summed E-state index contributed by atoms with van der Waals surface area (Å²) in [5, 5.41) is 8.65. The third kappa shape index (κ3) is 5.41. The van der Waals surface area contributed by atoms with Crippen LogP contribution in [0.1, 0.15) is 90.6 Å². The Balaban J connectivity index is 0.971. The molecular formula is C33H34F3N5O4S2. The van der Waals surface area contributed by atoms with Crippen LogP contribution >= 0.6 is 11.3 Å². The first-order chi connectivity index (χ1) is 22.3. The molecule has 1 amide bonds. The molecule has 4 heterocycles. The van der Waals surface area contributed by atoms with Crippen LogP contribution in [-0.2, 0) is 22.7 Å². The summed E-state index contributed by atoms with van der Waals surface area (Å²) >= 11 is 1.50. The molecule has 9 nitrogen and oxygen atoms in total. The van der Waals surface area contributed by atoms with Crippen molar-refractivity contribution in [2.75, 3.05) is 4.90 Å². The number of alkyl halides is 3. The van der Waals surface area contributed by atoms with Gasteiger partial charge in [-0.3, -0.25) is 4.79 Å². The number of hydrogen-bond donors (Lipinski definition) is 2. The quantitative estimate of drug-likeness (QED) is 0.201. The van der Waals surface area contributed by atoms with Gasteiger partial charge in [-0.1, -0.05) is 34.7 Å². The molecule has 14 heteroatoms. The predicted octanol–water partition coefficient (Wildman–Crippen LogP) is 6.67. The number of anilines is 1. The predicted molar refractivity (Wildman–Crippen MR) is 172 cm³/mol. The summed E-state index contributed by atoms with van der Waals surface area (Å²) in [5.41, 5.74) is 2.18. The first kappa shape index (κ1) is 30.8. The minimum atomic E-state index is -4.50. The summed E-state index contributed by atoms with van der Waals surface area (Å²) in [6.07, 6.45) is 1.20. The van der Waals surface area contributed by atoms with Gasteiger partial charge in [0.25, 0.3) is 5.91 Å². The van der Waals surface area contributed by atoms with Crippen molar-refractivity contribution in [1.29, 1.82) is 0 Å². The van der Waals surface area contributed by atoms with Gasteiger partial charge >= 0.3 is 6.18 Å². The number of benzene rings is 2. The van der Waals surface area contributed by atoms with E-state index in [1.54, 1.807) is 25.1 Å². The number of sulfonamides is 1. The van der Waals surface area contributed by atoms with Crippen molar-refractivity contribution in [2.45, 2.75) is 100 Å². The van der Waals surface area contributed by atoms with Gasteiger partial charge in [0.2, 0.25) is 10.0 Å². The number of nitrogens with zero attached hydrogens (tertiary/aromatic N) is 3. The average Bonchev–Trinajstić information content (AvgIpc) is 3.92. The van der Waals surface area contributed by atoms with Gasteiger partial charge in [-0.15, -0.1) is 0 Å². The first-order valence-corrected chi connectivity index (χ1v) is 18.3. The molecule has 0 spiro atoms. The second kappa shape index (κ2) is 10.8. The summed E-state index contributed by atoms with van der Waals surface area (Å²) in [4.78, 5) is 20.2. The van der Waals surface area contributed by atoms with E-state index in [0.29, 0.717) is 36.3 Å². The van der Waals surface area contributed by atoms with Crippen LogP contribution in [0.15, 0.2) is 40.9 Å². The van der Waals surface area contributed by atoms with Crippen molar-refractivity contribution >= 4 is 42.6 Å². The van der Waals surface area contributed by atoms with E-state index in [2.05, 4.69) is 20.1 Å². The maximum atomic E-state index is 13.9. The highest BCUT2D eigenvalue weighted by Gasteiger charge is 2.51. The van der Waals surface area contributed by atoms with Crippen LogP contribution in [0, 0.1) is 6.92 Å². The molecule has 2 saturated heterocycles. The molecule has 3 aliphatic carbocycles. The van der Waals surface area contributed by atoms with E-state index in [-0.39, 0.29) is 35.3 Å². The van der Waals surface area contributed by atoms with E-state index in [9.17, 15) is 26.4 Å². The minimum Gasteiger partial charge on any atom is -0.360 e. The molecule has 2 bridgehead atoms. The zero-order valence-corrected chi connectivity index (χ0v) is 27.5. The number of nitrogens with one attached hydrogen (secondary N) is 2. The maximum Gasteiger partial charge on any atom is 0.417 e. The molecule has 5 fully saturated rings. The zero-order chi connectivity index (χ0) is 32.9. The van der Waals surface area contributed by atoms with Crippen molar-refractivity contribution < 1.29 is 30.9 Å². The molecule has 2 aliphatic heterocycles. The van der Waals surface area contributed by atoms with Crippen LogP contribution in [0.2, 0.25) is 0 Å². The lowest BCUT2D eigenvalue weighted by atomic mass is 9.77. The molecule has 9 rings (SSSR count). The largest absolute Gasteiger partial charge is 0.417 e. The van der Waals surface area contributed by atoms with E-state index in [0.717, 1.165) is 59.1 Å². The lowest BCUT2D eigenvalue weighted by Gasteiger charge is -2.55. The molecule has 2 aromatic carbocycles. The van der Waals surface area contributed by atoms with Gasteiger partial charge in [0.1, 0.15) is 11.5 Å². The number of amides is 1. The molecule has 2 N–H and O–H groups in total. The maximum absolute atomic E-state index is 13.9. The molecule has 248 valence electrons. The molecule has 4 aromatic rings. The Morgan fingerprint density at radius 2 is 1.85 bits per heavy atom. The van der Waals surface area contributed by atoms with Crippen LogP contribution in [0.3, 0.4) is 0 Å². The number of aryl methyl sites for hydroxylation is 1. The number of carbonyl (C=O) groups excluding carboxylic acids is 1. The van der Waals surface area contributed by atoms with E-state index in [1.165, 1.54) is 23.5 Å². The van der Waals surface area contributed by atoms with Crippen molar-refractivity contribution in [2.24, 2.45) is 0 Å². The van der Waals surface area contributed by atoms with Crippen LogP contribution in [0.25, 0.3) is 21.5 Å². The SMILES string of the molecule is Cc1cc(C(=O)NS(=O)(=O)C2(C)CC2)cc2sc(N3C4CC(NCc5c(-c6ccccc6C(F)(F)F)noc5C5CC5)CC3C4)nc12. The highest BCUT2D eigenvalue weighted by Crippen LogP contribution is 2.48. The Kier molecular flexibility index (Phi) is 7.06. The van der Waals surface area contributed by atoms with Gasteiger partial charge < -0.3 is 14.7 Å². The Morgan fingerprint density at radius 1 is 1.13 bits per heavy atom. The second-order valence-corrected chi connectivity index (χ2v) is 16.9. The summed E-state index contributed by atoms with van der Waals surface area (Å²) in [7, 11) is -3.75. The lowest BCUT2D eigenvalue weighted by Crippen LogP contribution is -2.64. The fourth-order valence-electron chi connectivity index (χ4n) is 7.08. The third-order valence-corrected chi connectivity index (χ3v) is 13.4. The Labute approximate surface area is 274 Å². The van der Waals surface area contributed by atoms with Crippen molar-refractivity contribution in [3.05, 3.63) is 64.4 Å². The van der Waals surface area contributed by atoms with Crippen LogP contribution in [0.5, 0.6) is 0 Å². The van der Waals surface area contributed by atoms with E-state index >= 15 is 0 Å². The highest BCUT2D eigenvalue weighted by atomic mass is 32.2.